The van der Waals surface area contributed by atoms with E-state index in [0.717, 1.165) is 5.92 Å². The molecule has 15 heavy (non-hydrogen) atoms. The molecule has 1 rings (SSSR count). The first kappa shape index (κ1) is 14.0. The molecule has 1 aliphatic carbocycles. The Bertz CT molecular complexity index is 192. The van der Waals surface area contributed by atoms with Gasteiger partial charge in [0, 0.05) is 0 Å². The van der Waals surface area contributed by atoms with Crippen LogP contribution in [0.4, 0.5) is 0 Å². The summed E-state index contributed by atoms with van der Waals surface area (Å²) in [6.07, 6.45) is 13.4. The maximum absolute atomic E-state index is 7.26. The van der Waals surface area contributed by atoms with Crippen molar-refractivity contribution in [2.45, 2.75) is 64.7 Å². The van der Waals surface area contributed by atoms with E-state index in [9.17, 15) is 0 Å². The fraction of sp³-hybridized carbons (Fsp3) is 0.846. The zero-order valence-electron chi connectivity index (χ0n) is 9.84. The van der Waals surface area contributed by atoms with Gasteiger partial charge in [0.05, 0.1) is 0 Å². The molecule has 0 aromatic heterocycles. The lowest BCUT2D eigenvalue weighted by Gasteiger charge is -2.20. The average Bonchev–Trinajstić information content (AvgIpc) is 2.31. The van der Waals surface area contributed by atoms with Gasteiger partial charge in [0.15, 0.2) is 12.1 Å². The summed E-state index contributed by atoms with van der Waals surface area (Å²) < 4.78 is 0. The summed E-state index contributed by atoms with van der Waals surface area (Å²) in [5, 5.41) is 14.5. The number of nitriles is 2. The first-order valence-electron chi connectivity index (χ1n) is 6.13. The number of nitrogens with zero attached hydrogens (tertiary/aromatic N) is 2. The molecular formula is C13H22N2. The third-order valence-electron chi connectivity index (χ3n) is 2.99. The highest BCUT2D eigenvalue weighted by Gasteiger charge is 2.11. The van der Waals surface area contributed by atoms with Crippen LogP contribution >= 0.6 is 0 Å². The molecule has 0 aromatic rings. The Balaban J connectivity index is 0.000000423. The van der Waals surface area contributed by atoms with Crippen molar-refractivity contribution >= 4 is 0 Å². The van der Waals surface area contributed by atoms with E-state index in [1.807, 2.05) is 0 Å². The average molecular weight is 206 g/mol. The van der Waals surface area contributed by atoms with Gasteiger partial charge in [-0.05, 0) is 5.92 Å². The number of unbranched alkanes of at least 4 members (excludes halogenated alkanes) is 2. The van der Waals surface area contributed by atoms with Crippen molar-refractivity contribution in [3.63, 3.8) is 0 Å². The van der Waals surface area contributed by atoms with E-state index >= 15 is 0 Å². The Morgan fingerprint density at radius 1 is 1.00 bits per heavy atom. The highest BCUT2D eigenvalue weighted by Crippen LogP contribution is 2.27. The Labute approximate surface area is 93.9 Å². The maximum Gasteiger partial charge on any atom is 0.181 e. The first-order valence-corrected chi connectivity index (χ1v) is 6.13. The molecule has 0 saturated heterocycles. The standard InChI is InChI=1S/C11H22.C2N2/c1-2-3-5-8-11-9-6-4-7-10-11;3-1-2-4/h11H,2-10H2,1H3;. The summed E-state index contributed by atoms with van der Waals surface area (Å²) in [6.45, 7) is 2.29. The van der Waals surface area contributed by atoms with Gasteiger partial charge in [-0.2, -0.15) is 10.5 Å². The van der Waals surface area contributed by atoms with Gasteiger partial charge >= 0.3 is 0 Å². The summed E-state index contributed by atoms with van der Waals surface area (Å²) in [5.41, 5.74) is 0. The quantitative estimate of drug-likeness (QED) is 0.648. The lowest BCUT2D eigenvalue weighted by Crippen LogP contribution is -2.05. The Morgan fingerprint density at radius 2 is 1.60 bits per heavy atom. The molecule has 0 unspecified atom stereocenters. The fourth-order valence-corrected chi connectivity index (χ4v) is 2.16. The maximum atomic E-state index is 7.26. The van der Waals surface area contributed by atoms with Gasteiger partial charge in [-0.25, -0.2) is 0 Å². The van der Waals surface area contributed by atoms with Gasteiger partial charge in [-0.3, -0.25) is 0 Å². The minimum atomic E-state index is 1.11. The Hall–Kier alpha value is -1.02. The largest absolute Gasteiger partial charge is 0.181 e. The van der Waals surface area contributed by atoms with Crippen molar-refractivity contribution in [1.82, 2.24) is 0 Å². The molecule has 0 N–H and O–H groups in total. The molecule has 0 spiro atoms. The molecule has 1 aliphatic rings. The molecule has 84 valence electrons. The van der Waals surface area contributed by atoms with Crippen molar-refractivity contribution in [1.29, 1.82) is 10.5 Å². The predicted molar refractivity (Wildman–Crippen MR) is 61.9 cm³/mol. The van der Waals surface area contributed by atoms with Crippen LogP contribution in [0.3, 0.4) is 0 Å². The topological polar surface area (TPSA) is 47.6 Å². The van der Waals surface area contributed by atoms with Crippen molar-refractivity contribution in [3.05, 3.63) is 0 Å². The van der Waals surface area contributed by atoms with Crippen LogP contribution in [0.2, 0.25) is 0 Å². The number of hydrogen-bond acceptors (Lipinski definition) is 2. The summed E-state index contributed by atoms with van der Waals surface area (Å²) in [5.74, 6) is 1.11. The summed E-state index contributed by atoms with van der Waals surface area (Å²) >= 11 is 0. The van der Waals surface area contributed by atoms with Crippen molar-refractivity contribution < 1.29 is 0 Å². The minimum Gasteiger partial charge on any atom is -0.181 e. The third kappa shape index (κ3) is 9.29. The van der Waals surface area contributed by atoms with Crippen LogP contribution in [0.25, 0.3) is 0 Å². The second-order valence-electron chi connectivity index (χ2n) is 4.22. The van der Waals surface area contributed by atoms with Crippen LogP contribution in [-0.2, 0) is 0 Å². The molecule has 1 fully saturated rings. The van der Waals surface area contributed by atoms with Crippen LogP contribution in [0.15, 0.2) is 0 Å². The van der Waals surface area contributed by atoms with E-state index in [1.54, 1.807) is 0 Å². The van der Waals surface area contributed by atoms with E-state index in [1.165, 1.54) is 69.9 Å². The van der Waals surface area contributed by atoms with Gasteiger partial charge in [0.25, 0.3) is 0 Å². The zero-order valence-corrected chi connectivity index (χ0v) is 9.84. The van der Waals surface area contributed by atoms with Gasteiger partial charge in [0.2, 0.25) is 0 Å². The molecular weight excluding hydrogens is 184 g/mol. The van der Waals surface area contributed by atoms with Crippen molar-refractivity contribution in [2.75, 3.05) is 0 Å². The summed E-state index contributed by atoms with van der Waals surface area (Å²) in [7, 11) is 0. The van der Waals surface area contributed by atoms with Gasteiger partial charge in [-0.1, -0.05) is 64.7 Å². The van der Waals surface area contributed by atoms with E-state index in [4.69, 9.17) is 10.5 Å². The molecule has 0 aromatic carbocycles. The Kier molecular flexibility index (Phi) is 10.3. The van der Waals surface area contributed by atoms with Gasteiger partial charge < -0.3 is 0 Å². The molecule has 0 bridgehead atoms. The molecule has 1 saturated carbocycles. The molecule has 2 nitrogen and oxygen atoms in total. The molecule has 0 radical (unpaired) electrons. The highest BCUT2D eigenvalue weighted by atomic mass is 14.3. The zero-order chi connectivity index (χ0) is 11.4. The van der Waals surface area contributed by atoms with Crippen LogP contribution in [0, 0.1) is 28.6 Å². The third-order valence-corrected chi connectivity index (χ3v) is 2.99. The van der Waals surface area contributed by atoms with Crippen LogP contribution in [0.5, 0.6) is 0 Å². The molecule has 2 heteroatoms. The second-order valence-corrected chi connectivity index (χ2v) is 4.22. The van der Waals surface area contributed by atoms with Crippen LogP contribution in [0.1, 0.15) is 64.7 Å². The smallest absolute Gasteiger partial charge is 0.181 e. The van der Waals surface area contributed by atoms with E-state index in [2.05, 4.69) is 6.92 Å². The summed E-state index contributed by atoms with van der Waals surface area (Å²) in [4.78, 5) is 0. The van der Waals surface area contributed by atoms with Crippen molar-refractivity contribution in [3.8, 4) is 12.1 Å². The SMILES string of the molecule is CCCCCC1CCCCC1.N#CC#N. The fourth-order valence-electron chi connectivity index (χ4n) is 2.16. The minimum absolute atomic E-state index is 1.11. The molecule has 0 aliphatic heterocycles. The van der Waals surface area contributed by atoms with E-state index < -0.39 is 0 Å². The normalized spacial score (nSPS) is 15.7. The number of hydrogen-bond donors (Lipinski definition) is 0. The van der Waals surface area contributed by atoms with E-state index in [-0.39, 0.29) is 0 Å². The summed E-state index contributed by atoms with van der Waals surface area (Å²) in [6, 6.07) is 2.47. The lowest BCUT2D eigenvalue weighted by molar-refractivity contribution is 0.329. The lowest BCUT2D eigenvalue weighted by atomic mass is 9.86. The van der Waals surface area contributed by atoms with Crippen molar-refractivity contribution in [2.24, 2.45) is 5.92 Å². The molecule has 0 atom stereocenters. The van der Waals surface area contributed by atoms with Gasteiger partial charge in [0.1, 0.15) is 0 Å². The van der Waals surface area contributed by atoms with Gasteiger partial charge in [-0.15, -0.1) is 0 Å². The number of rotatable bonds is 4. The molecule has 0 amide bonds. The highest BCUT2D eigenvalue weighted by molar-refractivity contribution is 4.99. The first-order chi connectivity index (χ1) is 7.35. The van der Waals surface area contributed by atoms with Crippen LogP contribution in [-0.4, -0.2) is 0 Å². The van der Waals surface area contributed by atoms with Crippen LogP contribution < -0.4 is 0 Å². The predicted octanol–water partition coefficient (Wildman–Crippen LogP) is 4.18. The molecule has 0 heterocycles. The second kappa shape index (κ2) is 11.1. The van der Waals surface area contributed by atoms with E-state index in [0.29, 0.717) is 0 Å². The Morgan fingerprint density at radius 3 is 2.07 bits per heavy atom. The monoisotopic (exact) mass is 206 g/mol.